The quantitative estimate of drug-likeness (QED) is 0.285. The van der Waals surface area contributed by atoms with Crippen molar-refractivity contribution >= 4 is 46.3 Å². The molecule has 6 heteroatoms. The van der Waals surface area contributed by atoms with E-state index in [1.165, 1.54) is 11.8 Å². The Labute approximate surface area is 177 Å². The number of carboxylic acids is 1. The zero-order valence-electron chi connectivity index (χ0n) is 16.4. The number of nitrogens with zero attached hydrogens (tertiary/aromatic N) is 1. The highest BCUT2D eigenvalue weighted by molar-refractivity contribution is 8.26. The molecule has 0 radical (unpaired) electrons. The van der Waals surface area contributed by atoms with Crippen LogP contribution in [0.4, 0.5) is 0 Å². The number of hydrogen-bond donors (Lipinski definition) is 0. The van der Waals surface area contributed by atoms with Crippen LogP contribution in [-0.4, -0.2) is 27.6 Å². The first kappa shape index (κ1) is 22.6. The molecule has 0 saturated carbocycles. The average molecular weight is 419 g/mol. The third-order valence-electron chi connectivity index (χ3n) is 4.86. The average Bonchev–Trinajstić information content (AvgIpc) is 2.92. The summed E-state index contributed by atoms with van der Waals surface area (Å²) in [5.74, 6) is -0.935. The van der Waals surface area contributed by atoms with E-state index in [1.54, 1.807) is 4.90 Å². The van der Waals surface area contributed by atoms with Gasteiger partial charge in [-0.2, -0.15) is 0 Å². The van der Waals surface area contributed by atoms with Gasteiger partial charge in [0.05, 0.1) is 4.91 Å². The van der Waals surface area contributed by atoms with Crippen molar-refractivity contribution in [2.75, 3.05) is 6.54 Å². The van der Waals surface area contributed by atoms with E-state index in [1.807, 2.05) is 37.3 Å². The van der Waals surface area contributed by atoms with Gasteiger partial charge in [0, 0.05) is 12.5 Å². The van der Waals surface area contributed by atoms with Gasteiger partial charge >= 0.3 is 0 Å². The molecular formula is C22H28NO3S2-. The molecule has 0 N–H and O–H groups in total. The molecule has 0 aliphatic carbocycles. The van der Waals surface area contributed by atoms with Gasteiger partial charge in [-0.15, -0.1) is 0 Å². The molecule has 28 heavy (non-hydrogen) atoms. The van der Waals surface area contributed by atoms with Gasteiger partial charge in [0.1, 0.15) is 4.32 Å². The summed E-state index contributed by atoms with van der Waals surface area (Å²) < 4.78 is 0.651. The Morgan fingerprint density at radius 1 is 1.07 bits per heavy atom. The summed E-state index contributed by atoms with van der Waals surface area (Å²) in [5, 5.41) is 10.3. The second-order valence-electron chi connectivity index (χ2n) is 7.14. The van der Waals surface area contributed by atoms with E-state index in [0.717, 1.165) is 56.1 Å². The third-order valence-corrected chi connectivity index (χ3v) is 6.24. The fourth-order valence-corrected chi connectivity index (χ4v) is 4.48. The molecule has 0 unspecified atom stereocenters. The van der Waals surface area contributed by atoms with Crippen molar-refractivity contribution < 1.29 is 14.7 Å². The van der Waals surface area contributed by atoms with Crippen molar-refractivity contribution in [1.29, 1.82) is 0 Å². The number of carboxylic acid groups (broad SMARTS) is 1. The van der Waals surface area contributed by atoms with E-state index < -0.39 is 5.97 Å². The fourth-order valence-electron chi connectivity index (χ4n) is 3.18. The maximum Gasteiger partial charge on any atom is 0.266 e. The van der Waals surface area contributed by atoms with E-state index in [4.69, 9.17) is 12.2 Å². The topological polar surface area (TPSA) is 60.4 Å². The number of carbonyl (C=O) groups is 2. The van der Waals surface area contributed by atoms with Crippen molar-refractivity contribution in [2.24, 2.45) is 0 Å². The molecule has 4 nitrogen and oxygen atoms in total. The number of amides is 1. The minimum Gasteiger partial charge on any atom is -0.550 e. The van der Waals surface area contributed by atoms with Crippen LogP contribution in [0, 0.1) is 6.92 Å². The molecule has 0 atom stereocenters. The Hall–Kier alpha value is -1.66. The maximum absolute atomic E-state index is 12.6. The molecule has 0 spiro atoms. The summed E-state index contributed by atoms with van der Waals surface area (Å²) in [6, 6.07) is 8.02. The molecule has 1 aromatic carbocycles. The van der Waals surface area contributed by atoms with Crippen LogP contribution in [0.2, 0.25) is 0 Å². The largest absolute Gasteiger partial charge is 0.550 e. The lowest BCUT2D eigenvalue weighted by Crippen LogP contribution is -2.29. The van der Waals surface area contributed by atoms with Crippen LogP contribution in [0.5, 0.6) is 0 Å². The summed E-state index contributed by atoms with van der Waals surface area (Å²) in [5.41, 5.74) is 2.20. The van der Waals surface area contributed by atoms with Crippen LogP contribution in [0.1, 0.15) is 68.9 Å². The Balaban J connectivity index is 1.65. The number of carbonyl (C=O) groups excluding carboxylic acids is 2. The van der Waals surface area contributed by atoms with E-state index in [0.29, 0.717) is 22.2 Å². The van der Waals surface area contributed by atoms with Crippen LogP contribution in [0.25, 0.3) is 6.08 Å². The van der Waals surface area contributed by atoms with Crippen molar-refractivity contribution in [3.05, 3.63) is 40.3 Å². The minimum atomic E-state index is -0.954. The van der Waals surface area contributed by atoms with E-state index >= 15 is 0 Å². The second-order valence-corrected chi connectivity index (χ2v) is 8.82. The SMILES string of the molecule is Cc1ccccc1/C=C1\SC(=S)N(CCCCCCCCCCC(=O)[O-])C1=O. The van der Waals surface area contributed by atoms with Gasteiger partial charge in [-0.1, -0.05) is 86.8 Å². The molecule has 2 rings (SSSR count). The van der Waals surface area contributed by atoms with E-state index in [9.17, 15) is 14.7 Å². The van der Waals surface area contributed by atoms with E-state index in [2.05, 4.69) is 0 Å². The zero-order chi connectivity index (χ0) is 20.4. The van der Waals surface area contributed by atoms with Gasteiger partial charge in [-0.05, 0) is 43.4 Å². The lowest BCUT2D eigenvalue weighted by molar-refractivity contribution is -0.305. The molecule has 1 saturated heterocycles. The highest BCUT2D eigenvalue weighted by atomic mass is 32.2. The normalized spacial score (nSPS) is 15.6. The molecule has 1 aromatic rings. The molecule has 1 fully saturated rings. The lowest BCUT2D eigenvalue weighted by atomic mass is 10.1. The molecular weight excluding hydrogens is 390 g/mol. The molecule has 152 valence electrons. The number of unbranched alkanes of at least 4 members (excludes halogenated alkanes) is 7. The van der Waals surface area contributed by atoms with Crippen LogP contribution in [0.3, 0.4) is 0 Å². The number of hydrogen-bond acceptors (Lipinski definition) is 5. The highest BCUT2D eigenvalue weighted by Crippen LogP contribution is 2.33. The summed E-state index contributed by atoms with van der Waals surface area (Å²) in [6.07, 6.45) is 10.3. The van der Waals surface area contributed by atoms with Gasteiger partial charge in [-0.3, -0.25) is 9.69 Å². The zero-order valence-corrected chi connectivity index (χ0v) is 18.1. The summed E-state index contributed by atoms with van der Waals surface area (Å²) in [6.45, 7) is 2.72. The van der Waals surface area contributed by atoms with Gasteiger partial charge in [0.25, 0.3) is 5.91 Å². The van der Waals surface area contributed by atoms with Crippen LogP contribution in [0.15, 0.2) is 29.2 Å². The number of aliphatic carboxylic acids is 1. The van der Waals surface area contributed by atoms with E-state index in [-0.39, 0.29) is 12.3 Å². The molecule has 1 aliphatic rings. The molecule has 0 bridgehead atoms. The van der Waals surface area contributed by atoms with Crippen molar-refractivity contribution in [1.82, 2.24) is 4.90 Å². The number of benzene rings is 1. The maximum atomic E-state index is 12.6. The number of rotatable bonds is 12. The minimum absolute atomic E-state index is 0.0196. The lowest BCUT2D eigenvalue weighted by Gasteiger charge is -2.14. The van der Waals surface area contributed by atoms with Gasteiger partial charge in [0.2, 0.25) is 0 Å². The first-order chi connectivity index (χ1) is 13.5. The van der Waals surface area contributed by atoms with Gasteiger partial charge in [-0.25, -0.2) is 0 Å². The van der Waals surface area contributed by atoms with Gasteiger partial charge < -0.3 is 9.90 Å². The molecule has 0 aromatic heterocycles. The van der Waals surface area contributed by atoms with Crippen LogP contribution < -0.4 is 5.11 Å². The first-order valence-electron chi connectivity index (χ1n) is 10.00. The smallest absolute Gasteiger partial charge is 0.266 e. The number of thiocarbonyl (C=S) groups is 1. The molecule has 1 aliphatic heterocycles. The summed E-state index contributed by atoms with van der Waals surface area (Å²) >= 11 is 6.79. The predicted octanol–water partition coefficient (Wildman–Crippen LogP) is 4.46. The molecule has 1 amide bonds. The summed E-state index contributed by atoms with van der Waals surface area (Å²) in [7, 11) is 0. The summed E-state index contributed by atoms with van der Waals surface area (Å²) in [4.78, 5) is 25.4. The Bertz CT molecular complexity index is 730. The molecule has 1 heterocycles. The van der Waals surface area contributed by atoms with Gasteiger partial charge in [0.15, 0.2) is 0 Å². The van der Waals surface area contributed by atoms with Crippen molar-refractivity contribution in [3.63, 3.8) is 0 Å². The second kappa shape index (κ2) is 12.0. The Morgan fingerprint density at radius 3 is 2.32 bits per heavy atom. The highest BCUT2D eigenvalue weighted by Gasteiger charge is 2.31. The standard InChI is InChI=1S/C22H29NO3S2/c1-17-12-9-10-13-18(17)16-19-21(26)23(22(27)28-19)15-11-7-5-3-2-4-6-8-14-20(24)25/h9-10,12-13,16H,2-8,11,14-15H2,1H3,(H,24,25)/p-1/b19-16-. The fraction of sp³-hybridized carbons (Fsp3) is 0.500. The number of aryl methyl sites for hydroxylation is 1. The Kier molecular flexibility index (Phi) is 9.71. The van der Waals surface area contributed by atoms with Crippen LogP contribution >= 0.6 is 24.0 Å². The van der Waals surface area contributed by atoms with Crippen molar-refractivity contribution in [2.45, 2.75) is 64.7 Å². The first-order valence-corrected chi connectivity index (χ1v) is 11.2. The predicted molar refractivity (Wildman–Crippen MR) is 118 cm³/mol. The van der Waals surface area contributed by atoms with Crippen molar-refractivity contribution in [3.8, 4) is 0 Å². The Morgan fingerprint density at radius 2 is 1.68 bits per heavy atom. The third kappa shape index (κ3) is 7.40. The number of thioether (sulfide) groups is 1. The van der Waals surface area contributed by atoms with Crippen LogP contribution in [-0.2, 0) is 9.59 Å². The monoisotopic (exact) mass is 418 g/mol.